The van der Waals surface area contributed by atoms with E-state index in [1.165, 1.54) is 32.1 Å². The Hall–Kier alpha value is -2.74. The number of rotatable bonds is 18. The molecular weight excluding hydrogens is 585 g/mol. The van der Waals surface area contributed by atoms with Crippen LogP contribution in [0.15, 0.2) is 48.5 Å². The largest absolute Gasteiger partial charge is 0.494 e. The molecule has 1 aromatic heterocycles. The second-order valence-corrected chi connectivity index (χ2v) is 11.9. The summed E-state index contributed by atoms with van der Waals surface area (Å²) in [5.41, 5.74) is 1.80. The Balaban J connectivity index is 1.10. The lowest BCUT2D eigenvalue weighted by Gasteiger charge is -2.36. The minimum absolute atomic E-state index is 0.132. The Morgan fingerprint density at radius 2 is 1.63 bits per heavy atom. The van der Waals surface area contributed by atoms with Gasteiger partial charge in [-0.25, -0.2) is 4.98 Å². The Kier molecular flexibility index (Phi) is 14.0. The number of carbonyl (C=O) groups excluding carboxylic acids is 1. The topological polar surface area (TPSA) is 64.1 Å². The van der Waals surface area contributed by atoms with Gasteiger partial charge in [-0.3, -0.25) is 9.69 Å². The standard InChI is InChI=1S/C34H45Cl2N3O4/c1-2-3-4-5-6-7-8-14-33(40)43-26-42-32-18-16-27-15-17-28(25-30(27)37-32)41-24-10-9-19-38-20-22-39(23-21-38)31-13-11-12-29(35)34(31)36/h11-13,15-18,25H,2-10,14,19-24,26H2,1H3. The average molecular weight is 631 g/mol. The number of nitrogens with zero attached hydrogens (tertiary/aromatic N) is 3. The second kappa shape index (κ2) is 18.2. The highest BCUT2D eigenvalue weighted by Gasteiger charge is 2.19. The van der Waals surface area contributed by atoms with E-state index < -0.39 is 0 Å². The highest BCUT2D eigenvalue weighted by atomic mass is 35.5. The molecule has 0 aliphatic carbocycles. The Labute approximate surface area is 266 Å². The summed E-state index contributed by atoms with van der Waals surface area (Å²) in [7, 11) is 0. The molecule has 1 aliphatic heterocycles. The zero-order valence-electron chi connectivity index (χ0n) is 25.4. The summed E-state index contributed by atoms with van der Waals surface area (Å²) in [6, 6.07) is 15.4. The summed E-state index contributed by atoms with van der Waals surface area (Å²) >= 11 is 12.6. The number of carbonyl (C=O) groups is 1. The van der Waals surface area contributed by atoms with Crippen molar-refractivity contribution in [3.05, 3.63) is 58.6 Å². The van der Waals surface area contributed by atoms with Crippen molar-refractivity contribution in [1.29, 1.82) is 0 Å². The van der Waals surface area contributed by atoms with E-state index in [1.807, 2.05) is 42.5 Å². The van der Waals surface area contributed by atoms with E-state index in [0.29, 0.717) is 29.0 Å². The molecule has 0 saturated carbocycles. The predicted octanol–water partition coefficient (Wildman–Crippen LogP) is 8.54. The van der Waals surface area contributed by atoms with Crippen LogP contribution in [-0.2, 0) is 9.53 Å². The van der Waals surface area contributed by atoms with Crippen LogP contribution in [0, 0.1) is 0 Å². The molecular formula is C34H45Cl2N3O4. The first-order chi connectivity index (χ1) is 21.0. The van der Waals surface area contributed by atoms with Gasteiger partial charge in [-0.1, -0.05) is 74.7 Å². The molecule has 1 aliphatic rings. The van der Waals surface area contributed by atoms with Gasteiger partial charge in [0.05, 0.1) is 27.9 Å². The lowest BCUT2D eigenvalue weighted by atomic mass is 10.1. The molecule has 234 valence electrons. The molecule has 0 atom stereocenters. The van der Waals surface area contributed by atoms with Crippen LogP contribution >= 0.6 is 23.2 Å². The third-order valence-electron chi connectivity index (χ3n) is 7.83. The number of ether oxygens (including phenoxy) is 3. The Morgan fingerprint density at radius 3 is 2.44 bits per heavy atom. The molecule has 0 amide bonds. The van der Waals surface area contributed by atoms with Crippen molar-refractivity contribution in [2.45, 2.75) is 71.1 Å². The maximum absolute atomic E-state index is 12.0. The van der Waals surface area contributed by atoms with Crippen molar-refractivity contribution >= 4 is 45.8 Å². The van der Waals surface area contributed by atoms with Gasteiger partial charge in [0.25, 0.3) is 0 Å². The van der Waals surface area contributed by atoms with Crippen LogP contribution in [-0.4, -0.2) is 62.0 Å². The van der Waals surface area contributed by atoms with E-state index in [-0.39, 0.29) is 12.8 Å². The number of unbranched alkanes of at least 4 members (excludes halogenated alkanes) is 7. The first-order valence-corrected chi connectivity index (χ1v) is 16.5. The van der Waals surface area contributed by atoms with Gasteiger partial charge in [-0.2, -0.15) is 0 Å². The highest BCUT2D eigenvalue weighted by Crippen LogP contribution is 2.33. The number of aromatic nitrogens is 1. The number of hydrogen-bond acceptors (Lipinski definition) is 7. The molecule has 3 aromatic rings. The normalized spacial score (nSPS) is 13.8. The van der Waals surface area contributed by atoms with Crippen molar-refractivity contribution in [2.24, 2.45) is 0 Å². The molecule has 1 fully saturated rings. The molecule has 43 heavy (non-hydrogen) atoms. The van der Waals surface area contributed by atoms with E-state index in [1.54, 1.807) is 6.07 Å². The molecule has 7 nitrogen and oxygen atoms in total. The lowest BCUT2D eigenvalue weighted by molar-refractivity contribution is -0.150. The summed E-state index contributed by atoms with van der Waals surface area (Å²) in [6.45, 7) is 7.66. The number of esters is 1. The van der Waals surface area contributed by atoms with Gasteiger partial charge >= 0.3 is 5.97 Å². The van der Waals surface area contributed by atoms with Gasteiger partial charge in [-0.05, 0) is 56.1 Å². The van der Waals surface area contributed by atoms with E-state index in [9.17, 15) is 4.79 Å². The monoisotopic (exact) mass is 629 g/mol. The predicted molar refractivity (Wildman–Crippen MR) is 176 cm³/mol. The summed E-state index contributed by atoms with van der Waals surface area (Å²) < 4.78 is 16.9. The lowest BCUT2D eigenvalue weighted by Crippen LogP contribution is -2.46. The number of fused-ring (bicyclic) bond motifs is 1. The van der Waals surface area contributed by atoms with Gasteiger partial charge in [0, 0.05) is 50.1 Å². The first-order valence-electron chi connectivity index (χ1n) is 15.8. The zero-order valence-corrected chi connectivity index (χ0v) is 26.9. The van der Waals surface area contributed by atoms with Crippen molar-refractivity contribution in [2.75, 3.05) is 51.0 Å². The maximum Gasteiger partial charge on any atom is 0.308 e. The number of hydrogen-bond donors (Lipinski definition) is 0. The first kappa shape index (κ1) is 33.2. The van der Waals surface area contributed by atoms with Crippen molar-refractivity contribution in [1.82, 2.24) is 9.88 Å². The van der Waals surface area contributed by atoms with Gasteiger partial charge in [0.1, 0.15) is 5.75 Å². The van der Waals surface area contributed by atoms with Gasteiger partial charge in [0.15, 0.2) is 0 Å². The molecule has 9 heteroatoms. The van der Waals surface area contributed by atoms with Crippen LogP contribution in [0.1, 0.15) is 71.1 Å². The van der Waals surface area contributed by atoms with E-state index >= 15 is 0 Å². The minimum atomic E-state index is -0.227. The fourth-order valence-corrected chi connectivity index (χ4v) is 5.69. The van der Waals surface area contributed by atoms with Gasteiger partial charge < -0.3 is 19.1 Å². The molecule has 1 saturated heterocycles. The number of halogens is 2. The molecule has 4 rings (SSSR count). The van der Waals surface area contributed by atoms with Crippen LogP contribution in [0.2, 0.25) is 10.0 Å². The molecule has 0 bridgehead atoms. The maximum atomic E-state index is 12.0. The summed E-state index contributed by atoms with van der Waals surface area (Å²) in [5.74, 6) is 0.978. The Morgan fingerprint density at radius 1 is 0.860 bits per heavy atom. The van der Waals surface area contributed by atoms with Crippen LogP contribution < -0.4 is 14.4 Å². The van der Waals surface area contributed by atoms with Crippen LogP contribution in [0.5, 0.6) is 11.6 Å². The van der Waals surface area contributed by atoms with Gasteiger partial charge in [0.2, 0.25) is 12.7 Å². The van der Waals surface area contributed by atoms with Crippen molar-refractivity contribution in [3.8, 4) is 11.6 Å². The molecule has 2 aromatic carbocycles. The SMILES string of the molecule is CCCCCCCCCC(=O)OCOc1ccc2ccc(OCCCCN3CCN(c4cccc(Cl)c4Cl)CC3)cc2n1. The number of benzene rings is 2. The van der Waals surface area contributed by atoms with Gasteiger partial charge in [-0.15, -0.1) is 0 Å². The van der Waals surface area contributed by atoms with Crippen LogP contribution in [0.3, 0.4) is 0 Å². The Bertz CT molecular complexity index is 1280. The zero-order chi connectivity index (χ0) is 30.3. The molecule has 0 radical (unpaired) electrons. The van der Waals surface area contributed by atoms with Crippen molar-refractivity contribution in [3.63, 3.8) is 0 Å². The average Bonchev–Trinajstić information content (AvgIpc) is 3.02. The molecule has 0 unspecified atom stereocenters. The van der Waals surface area contributed by atoms with E-state index in [2.05, 4.69) is 21.7 Å². The molecule has 0 N–H and O–H groups in total. The fraction of sp³-hybridized carbons (Fsp3) is 0.529. The summed E-state index contributed by atoms with van der Waals surface area (Å²) in [4.78, 5) is 21.4. The number of anilines is 1. The third kappa shape index (κ3) is 11.0. The number of piperazine rings is 1. The molecule has 0 spiro atoms. The van der Waals surface area contributed by atoms with E-state index in [0.717, 1.165) is 80.7 Å². The smallest absolute Gasteiger partial charge is 0.308 e. The third-order valence-corrected chi connectivity index (χ3v) is 8.64. The summed E-state index contributed by atoms with van der Waals surface area (Å²) in [6.07, 6.45) is 10.6. The number of pyridine rings is 1. The second-order valence-electron chi connectivity index (χ2n) is 11.1. The summed E-state index contributed by atoms with van der Waals surface area (Å²) in [5, 5.41) is 2.23. The van der Waals surface area contributed by atoms with Crippen LogP contribution in [0.4, 0.5) is 5.69 Å². The van der Waals surface area contributed by atoms with Crippen LogP contribution in [0.25, 0.3) is 10.9 Å². The molecule has 2 heterocycles. The minimum Gasteiger partial charge on any atom is -0.494 e. The highest BCUT2D eigenvalue weighted by molar-refractivity contribution is 6.43. The van der Waals surface area contributed by atoms with E-state index in [4.69, 9.17) is 37.4 Å². The fourth-order valence-electron chi connectivity index (χ4n) is 5.28. The van der Waals surface area contributed by atoms with Crippen molar-refractivity contribution < 1.29 is 19.0 Å². The quantitative estimate of drug-likeness (QED) is 0.0793.